The number of carbonyl (C=O) groups is 3. The average Bonchev–Trinajstić information content (AvgIpc) is 2.36. The van der Waals surface area contributed by atoms with Crippen LogP contribution in [0.4, 0.5) is 4.79 Å². The molecule has 1 rings (SSSR count). The third kappa shape index (κ3) is 1.59. The van der Waals surface area contributed by atoms with E-state index < -0.39 is 17.8 Å². The number of hydrogen-bond donors (Lipinski definition) is 2. The molecule has 1 heterocycles. The van der Waals surface area contributed by atoms with E-state index in [1.54, 1.807) is 0 Å². The monoisotopic (exact) mass is 200 g/mol. The summed E-state index contributed by atoms with van der Waals surface area (Å²) in [5.74, 6) is -1.65. The Hall–Kier alpha value is -1.47. The van der Waals surface area contributed by atoms with E-state index in [1.807, 2.05) is 0 Å². The van der Waals surface area contributed by atoms with Crippen LogP contribution >= 0.6 is 0 Å². The van der Waals surface area contributed by atoms with Crippen molar-refractivity contribution < 1.29 is 14.4 Å². The van der Waals surface area contributed by atoms with E-state index in [0.717, 1.165) is 9.80 Å². The Kier molecular flexibility index (Phi) is 3.15. The van der Waals surface area contributed by atoms with E-state index in [4.69, 9.17) is 11.5 Å². The molecule has 0 aliphatic carbocycles. The summed E-state index contributed by atoms with van der Waals surface area (Å²) >= 11 is 0. The highest BCUT2D eigenvalue weighted by Crippen LogP contribution is 2.10. The second-order valence-electron chi connectivity index (χ2n) is 2.77. The predicted molar refractivity (Wildman–Crippen MR) is 46.9 cm³/mol. The van der Waals surface area contributed by atoms with Crippen LogP contribution in [0, 0.1) is 0 Å². The molecule has 14 heavy (non-hydrogen) atoms. The van der Waals surface area contributed by atoms with Crippen LogP contribution in [0.15, 0.2) is 0 Å². The molecule has 0 aromatic rings. The minimum Gasteiger partial charge on any atom is -0.329 e. The lowest BCUT2D eigenvalue weighted by Crippen LogP contribution is -2.38. The predicted octanol–water partition coefficient (Wildman–Crippen LogP) is -2.31. The van der Waals surface area contributed by atoms with Gasteiger partial charge in [0.2, 0.25) is 0 Å². The van der Waals surface area contributed by atoms with Crippen LogP contribution < -0.4 is 11.5 Å². The Morgan fingerprint density at radius 1 is 0.857 bits per heavy atom. The first kappa shape index (κ1) is 10.6. The molecular formula is C7H12N4O3. The lowest BCUT2D eigenvalue weighted by atomic mass is 10.5. The van der Waals surface area contributed by atoms with Crippen LogP contribution in [0.25, 0.3) is 0 Å². The molecule has 0 saturated carbocycles. The minimum atomic E-state index is -0.825. The summed E-state index contributed by atoms with van der Waals surface area (Å²) in [7, 11) is 0. The molecular weight excluding hydrogens is 188 g/mol. The summed E-state index contributed by atoms with van der Waals surface area (Å²) < 4.78 is 0. The lowest BCUT2D eigenvalue weighted by molar-refractivity contribution is -0.143. The second kappa shape index (κ2) is 4.16. The van der Waals surface area contributed by atoms with Crippen LogP contribution in [0.2, 0.25) is 0 Å². The lowest BCUT2D eigenvalue weighted by Gasteiger charge is -2.13. The first-order chi connectivity index (χ1) is 6.63. The first-order valence-electron chi connectivity index (χ1n) is 4.21. The Morgan fingerprint density at radius 3 is 1.50 bits per heavy atom. The SMILES string of the molecule is NCCN1C(=O)C(=O)N(CCN)C1=O. The molecule has 0 bridgehead atoms. The maximum Gasteiger partial charge on any atom is 0.334 e. The van der Waals surface area contributed by atoms with Crippen molar-refractivity contribution >= 4 is 17.8 Å². The van der Waals surface area contributed by atoms with Gasteiger partial charge in [0.05, 0.1) is 0 Å². The Labute approximate surface area is 80.6 Å². The molecule has 0 aromatic carbocycles. The van der Waals surface area contributed by atoms with Gasteiger partial charge in [-0.05, 0) is 0 Å². The average molecular weight is 200 g/mol. The number of amides is 4. The summed E-state index contributed by atoms with van der Waals surface area (Å²) in [6.45, 7) is 0.400. The quantitative estimate of drug-likeness (QED) is 0.391. The van der Waals surface area contributed by atoms with Crippen molar-refractivity contribution in [1.29, 1.82) is 0 Å². The molecule has 0 spiro atoms. The number of hydrogen-bond acceptors (Lipinski definition) is 5. The third-order valence-electron chi connectivity index (χ3n) is 1.84. The van der Waals surface area contributed by atoms with E-state index in [-0.39, 0.29) is 26.2 Å². The highest BCUT2D eigenvalue weighted by Gasteiger charge is 2.43. The molecule has 0 radical (unpaired) electrons. The van der Waals surface area contributed by atoms with Crippen molar-refractivity contribution in [3.63, 3.8) is 0 Å². The molecule has 7 nitrogen and oxygen atoms in total. The van der Waals surface area contributed by atoms with Gasteiger partial charge < -0.3 is 11.5 Å². The zero-order valence-corrected chi connectivity index (χ0v) is 7.60. The van der Waals surface area contributed by atoms with Crippen molar-refractivity contribution in [2.75, 3.05) is 26.2 Å². The van der Waals surface area contributed by atoms with Crippen molar-refractivity contribution in [3.05, 3.63) is 0 Å². The van der Waals surface area contributed by atoms with Gasteiger partial charge in [0.25, 0.3) is 0 Å². The summed E-state index contributed by atoms with van der Waals surface area (Å²) in [5.41, 5.74) is 10.4. The zero-order chi connectivity index (χ0) is 10.7. The van der Waals surface area contributed by atoms with Crippen molar-refractivity contribution in [2.24, 2.45) is 11.5 Å². The fourth-order valence-corrected chi connectivity index (χ4v) is 1.20. The third-order valence-corrected chi connectivity index (χ3v) is 1.84. The fraction of sp³-hybridized carbons (Fsp3) is 0.571. The number of rotatable bonds is 4. The summed E-state index contributed by atoms with van der Waals surface area (Å²) in [6.07, 6.45) is 0. The summed E-state index contributed by atoms with van der Waals surface area (Å²) in [6, 6.07) is -0.629. The van der Waals surface area contributed by atoms with Gasteiger partial charge in [-0.15, -0.1) is 0 Å². The van der Waals surface area contributed by atoms with E-state index in [9.17, 15) is 14.4 Å². The molecule has 1 fully saturated rings. The van der Waals surface area contributed by atoms with Gasteiger partial charge in [0.1, 0.15) is 0 Å². The summed E-state index contributed by atoms with van der Waals surface area (Å²) in [5, 5.41) is 0. The van der Waals surface area contributed by atoms with Gasteiger partial charge in [0, 0.05) is 26.2 Å². The largest absolute Gasteiger partial charge is 0.334 e. The second-order valence-corrected chi connectivity index (χ2v) is 2.77. The molecule has 1 aliphatic heterocycles. The molecule has 4 amide bonds. The van der Waals surface area contributed by atoms with Crippen molar-refractivity contribution in [1.82, 2.24) is 9.80 Å². The standard InChI is InChI=1S/C7H12N4O3/c8-1-3-10-5(12)6(13)11(4-2-9)7(10)14/h1-4,8-9H2. The molecule has 78 valence electrons. The van der Waals surface area contributed by atoms with E-state index in [2.05, 4.69) is 0 Å². The molecule has 0 unspecified atom stereocenters. The maximum absolute atomic E-state index is 11.4. The van der Waals surface area contributed by atoms with Gasteiger partial charge in [-0.2, -0.15) is 0 Å². The normalized spacial score (nSPS) is 17.1. The topological polar surface area (TPSA) is 110 Å². The summed E-state index contributed by atoms with van der Waals surface area (Å²) in [4.78, 5) is 35.5. The number of urea groups is 1. The molecule has 4 N–H and O–H groups in total. The van der Waals surface area contributed by atoms with Gasteiger partial charge in [-0.1, -0.05) is 0 Å². The first-order valence-corrected chi connectivity index (χ1v) is 4.21. The maximum atomic E-state index is 11.4. The zero-order valence-electron chi connectivity index (χ0n) is 7.60. The smallest absolute Gasteiger partial charge is 0.329 e. The Balaban J connectivity index is 2.80. The van der Waals surface area contributed by atoms with Crippen LogP contribution in [0.1, 0.15) is 0 Å². The van der Waals surface area contributed by atoms with Crippen LogP contribution in [0.3, 0.4) is 0 Å². The number of carbonyl (C=O) groups excluding carboxylic acids is 3. The molecule has 1 aliphatic rings. The molecule has 1 saturated heterocycles. The van der Waals surface area contributed by atoms with Crippen LogP contribution in [-0.2, 0) is 9.59 Å². The number of imide groups is 2. The van der Waals surface area contributed by atoms with Crippen LogP contribution in [0.5, 0.6) is 0 Å². The van der Waals surface area contributed by atoms with Gasteiger partial charge in [-0.25, -0.2) is 4.79 Å². The van der Waals surface area contributed by atoms with E-state index >= 15 is 0 Å². The van der Waals surface area contributed by atoms with Gasteiger partial charge >= 0.3 is 17.8 Å². The molecule has 7 heteroatoms. The highest BCUT2D eigenvalue weighted by molar-refractivity contribution is 6.44. The van der Waals surface area contributed by atoms with Gasteiger partial charge in [-0.3, -0.25) is 19.4 Å². The van der Waals surface area contributed by atoms with Crippen molar-refractivity contribution in [3.8, 4) is 0 Å². The van der Waals surface area contributed by atoms with E-state index in [1.165, 1.54) is 0 Å². The van der Waals surface area contributed by atoms with Gasteiger partial charge in [0.15, 0.2) is 0 Å². The highest BCUT2D eigenvalue weighted by atomic mass is 16.2. The number of nitrogens with two attached hydrogens (primary N) is 2. The molecule has 0 atom stereocenters. The van der Waals surface area contributed by atoms with Crippen molar-refractivity contribution in [2.45, 2.75) is 0 Å². The molecule has 0 aromatic heterocycles. The Morgan fingerprint density at radius 2 is 1.21 bits per heavy atom. The fourth-order valence-electron chi connectivity index (χ4n) is 1.20. The van der Waals surface area contributed by atoms with E-state index in [0.29, 0.717) is 0 Å². The minimum absolute atomic E-state index is 0.0600. The Bertz CT molecular complexity index is 252. The number of nitrogens with zero attached hydrogens (tertiary/aromatic N) is 2. The van der Waals surface area contributed by atoms with Crippen LogP contribution in [-0.4, -0.2) is 53.8 Å².